The van der Waals surface area contributed by atoms with Crippen LogP contribution in [0.1, 0.15) is 18.4 Å². The van der Waals surface area contributed by atoms with Gasteiger partial charge in [-0.15, -0.1) is 5.10 Å². The summed E-state index contributed by atoms with van der Waals surface area (Å²) in [5.41, 5.74) is 2.12. The molecule has 0 aliphatic carbocycles. The van der Waals surface area contributed by atoms with Gasteiger partial charge in [-0.1, -0.05) is 18.2 Å². The molecule has 1 aromatic carbocycles. The molecule has 25 heavy (non-hydrogen) atoms. The number of aromatic nitrogens is 3. The summed E-state index contributed by atoms with van der Waals surface area (Å²) in [6.45, 7) is 1.43. The number of ether oxygens (including phenoxy) is 1. The first-order valence-electron chi connectivity index (χ1n) is 8.57. The summed E-state index contributed by atoms with van der Waals surface area (Å²) < 4.78 is 5.83. The Labute approximate surface area is 145 Å². The predicted octanol–water partition coefficient (Wildman–Crippen LogP) is 2.57. The smallest absolute Gasteiger partial charge is 0.233 e. The molecule has 6 nitrogen and oxygen atoms in total. The van der Waals surface area contributed by atoms with Crippen molar-refractivity contribution in [2.75, 3.05) is 13.1 Å². The number of nitrogens with zero attached hydrogens (tertiary/aromatic N) is 3. The number of hydrogen-bond donors (Lipinski definition) is 1. The lowest BCUT2D eigenvalue weighted by Crippen LogP contribution is -2.42. The molecule has 1 fully saturated rings. The number of aromatic amines is 1. The number of H-pyrrole nitrogens is 1. The van der Waals surface area contributed by atoms with Gasteiger partial charge < -0.3 is 14.6 Å². The van der Waals surface area contributed by atoms with E-state index in [0.29, 0.717) is 25.4 Å². The van der Waals surface area contributed by atoms with Crippen LogP contribution in [0.25, 0.3) is 10.9 Å². The van der Waals surface area contributed by atoms with Crippen LogP contribution in [0, 0.1) is 0 Å². The molecule has 2 aromatic heterocycles. The molecule has 1 N–H and O–H groups in total. The summed E-state index contributed by atoms with van der Waals surface area (Å²) in [5.74, 6) is 0.716. The number of nitrogens with one attached hydrogen (secondary N) is 1. The van der Waals surface area contributed by atoms with Crippen LogP contribution < -0.4 is 4.74 Å². The molecule has 1 amide bonds. The molecule has 0 unspecified atom stereocenters. The molecule has 3 aromatic rings. The summed E-state index contributed by atoms with van der Waals surface area (Å²) in [4.78, 5) is 17.8. The highest BCUT2D eigenvalue weighted by Crippen LogP contribution is 2.21. The zero-order chi connectivity index (χ0) is 17.1. The Morgan fingerprint density at radius 1 is 1.20 bits per heavy atom. The van der Waals surface area contributed by atoms with Gasteiger partial charge >= 0.3 is 0 Å². The summed E-state index contributed by atoms with van der Waals surface area (Å²) in [7, 11) is 0. The number of rotatable bonds is 4. The van der Waals surface area contributed by atoms with Gasteiger partial charge in [-0.25, -0.2) is 0 Å². The largest absolute Gasteiger partial charge is 0.473 e. The quantitative estimate of drug-likeness (QED) is 0.795. The second-order valence-corrected chi connectivity index (χ2v) is 6.30. The molecular formula is C19H20N4O2. The van der Waals surface area contributed by atoms with E-state index in [-0.39, 0.29) is 12.0 Å². The Morgan fingerprint density at radius 3 is 2.84 bits per heavy atom. The van der Waals surface area contributed by atoms with E-state index in [1.165, 1.54) is 0 Å². The Morgan fingerprint density at radius 2 is 2.04 bits per heavy atom. The number of likely N-dealkylation sites (tertiary alicyclic amines) is 1. The molecule has 0 saturated carbocycles. The van der Waals surface area contributed by atoms with Crippen molar-refractivity contribution in [1.82, 2.24) is 20.1 Å². The fraction of sp³-hybridized carbons (Fsp3) is 0.316. The first-order valence-corrected chi connectivity index (χ1v) is 8.57. The topological polar surface area (TPSA) is 71.1 Å². The van der Waals surface area contributed by atoms with Crippen molar-refractivity contribution in [1.29, 1.82) is 0 Å². The molecule has 0 radical (unpaired) electrons. The maximum atomic E-state index is 12.6. The number of para-hydroxylation sites is 1. The molecule has 1 aliphatic rings. The van der Waals surface area contributed by atoms with Gasteiger partial charge in [0.2, 0.25) is 11.8 Å². The van der Waals surface area contributed by atoms with E-state index in [1.807, 2.05) is 41.4 Å². The maximum Gasteiger partial charge on any atom is 0.233 e. The van der Waals surface area contributed by atoms with E-state index in [4.69, 9.17) is 4.74 Å². The lowest BCUT2D eigenvalue weighted by atomic mass is 10.1. The normalized spacial score (nSPS) is 15.4. The van der Waals surface area contributed by atoms with Crippen LogP contribution in [0.3, 0.4) is 0 Å². The number of piperidine rings is 1. The van der Waals surface area contributed by atoms with E-state index in [1.54, 1.807) is 6.20 Å². The van der Waals surface area contributed by atoms with Crippen molar-refractivity contribution in [3.8, 4) is 5.88 Å². The highest BCUT2D eigenvalue weighted by Gasteiger charge is 2.24. The van der Waals surface area contributed by atoms with Gasteiger partial charge in [0.1, 0.15) is 6.10 Å². The van der Waals surface area contributed by atoms with Crippen LogP contribution in [0.2, 0.25) is 0 Å². The number of carbonyl (C=O) groups excluding carboxylic acids is 1. The summed E-state index contributed by atoms with van der Waals surface area (Å²) >= 11 is 0. The van der Waals surface area contributed by atoms with Crippen molar-refractivity contribution in [3.05, 3.63) is 54.4 Å². The van der Waals surface area contributed by atoms with Gasteiger partial charge in [0.25, 0.3) is 0 Å². The molecule has 0 bridgehead atoms. The number of hydrogen-bond acceptors (Lipinski definition) is 4. The first-order chi connectivity index (χ1) is 12.3. The SMILES string of the molecule is O=C(Cc1c[nH]c2ccccc12)N1CCC(Oc2cccnn2)CC1. The van der Waals surface area contributed by atoms with Crippen LogP contribution in [-0.4, -0.2) is 45.2 Å². The average Bonchev–Trinajstić information content (AvgIpc) is 3.06. The van der Waals surface area contributed by atoms with Gasteiger partial charge in [0.05, 0.1) is 6.42 Å². The Balaban J connectivity index is 1.33. The van der Waals surface area contributed by atoms with Gasteiger partial charge in [-0.2, -0.15) is 5.10 Å². The molecule has 6 heteroatoms. The highest BCUT2D eigenvalue weighted by atomic mass is 16.5. The van der Waals surface area contributed by atoms with Crippen molar-refractivity contribution in [2.45, 2.75) is 25.4 Å². The van der Waals surface area contributed by atoms with Gasteiger partial charge in [-0.3, -0.25) is 4.79 Å². The van der Waals surface area contributed by atoms with Crippen molar-refractivity contribution in [3.63, 3.8) is 0 Å². The van der Waals surface area contributed by atoms with Crippen molar-refractivity contribution in [2.24, 2.45) is 0 Å². The van der Waals surface area contributed by atoms with E-state index >= 15 is 0 Å². The van der Waals surface area contributed by atoms with Crippen LogP contribution in [0.5, 0.6) is 5.88 Å². The molecule has 0 spiro atoms. The summed E-state index contributed by atoms with van der Waals surface area (Å²) in [5, 5.41) is 8.89. The van der Waals surface area contributed by atoms with Crippen LogP contribution >= 0.6 is 0 Å². The molecule has 128 valence electrons. The Bertz CT molecular complexity index is 854. The zero-order valence-electron chi connectivity index (χ0n) is 13.9. The maximum absolute atomic E-state index is 12.6. The number of carbonyl (C=O) groups is 1. The molecule has 4 rings (SSSR count). The zero-order valence-corrected chi connectivity index (χ0v) is 13.9. The van der Waals surface area contributed by atoms with Crippen molar-refractivity contribution >= 4 is 16.8 Å². The third-order valence-corrected chi connectivity index (χ3v) is 4.65. The Hall–Kier alpha value is -2.89. The second-order valence-electron chi connectivity index (χ2n) is 6.30. The van der Waals surface area contributed by atoms with E-state index in [2.05, 4.69) is 21.2 Å². The molecule has 3 heterocycles. The fourth-order valence-electron chi connectivity index (χ4n) is 3.30. The average molecular weight is 336 g/mol. The van der Waals surface area contributed by atoms with Crippen LogP contribution in [0.4, 0.5) is 0 Å². The third-order valence-electron chi connectivity index (χ3n) is 4.65. The monoisotopic (exact) mass is 336 g/mol. The van der Waals surface area contributed by atoms with E-state index in [0.717, 1.165) is 29.3 Å². The second kappa shape index (κ2) is 6.93. The number of fused-ring (bicyclic) bond motifs is 1. The standard InChI is InChI=1S/C19H20N4O2/c24-19(12-14-13-20-17-5-2-1-4-16(14)17)23-10-7-15(8-11-23)25-18-6-3-9-21-22-18/h1-6,9,13,15,20H,7-8,10-12H2. The highest BCUT2D eigenvalue weighted by molar-refractivity contribution is 5.88. The lowest BCUT2D eigenvalue weighted by Gasteiger charge is -2.31. The predicted molar refractivity (Wildman–Crippen MR) is 94.3 cm³/mol. The van der Waals surface area contributed by atoms with Crippen molar-refractivity contribution < 1.29 is 9.53 Å². The van der Waals surface area contributed by atoms with E-state index in [9.17, 15) is 4.79 Å². The summed E-state index contributed by atoms with van der Waals surface area (Å²) in [6.07, 6.45) is 5.71. The van der Waals surface area contributed by atoms with Crippen LogP contribution in [0.15, 0.2) is 48.8 Å². The number of amides is 1. The first kappa shape index (κ1) is 15.6. The lowest BCUT2D eigenvalue weighted by molar-refractivity contribution is -0.132. The minimum absolute atomic E-state index is 0.0915. The minimum Gasteiger partial charge on any atom is -0.473 e. The van der Waals surface area contributed by atoms with E-state index < -0.39 is 0 Å². The van der Waals surface area contributed by atoms with Gasteiger partial charge in [-0.05, 0) is 17.7 Å². The minimum atomic E-state index is 0.0915. The Kier molecular flexibility index (Phi) is 4.33. The molecule has 0 atom stereocenters. The van der Waals surface area contributed by atoms with Gasteiger partial charge in [0, 0.05) is 55.3 Å². The summed E-state index contributed by atoms with van der Waals surface area (Å²) in [6, 6.07) is 11.7. The van der Waals surface area contributed by atoms with Gasteiger partial charge in [0.15, 0.2) is 0 Å². The van der Waals surface area contributed by atoms with Crippen LogP contribution in [-0.2, 0) is 11.2 Å². The number of benzene rings is 1. The molecule has 1 aliphatic heterocycles. The molecular weight excluding hydrogens is 316 g/mol. The molecule has 1 saturated heterocycles. The fourth-order valence-corrected chi connectivity index (χ4v) is 3.30. The third kappa shape index (κ3) is 3.47.